The molecule has 0 N–H and O–H groups in total. The fourth-order valence-electron chi connectivity index (χ4n) is 2.47. The first-order chi connectivity index (χ1) is 12.6. The molecule has 1 heterocycles. The Balaban J connectivity index is 2.15. The van der Waals surface area contributed by atoms with Crippen LogP contribution in [0.5, 0.6) is 5.75 Å². The van der Waals surface area contributed by atoms with Gasteiger partial charge in [0.1, 0.15) is 11.8 Å². The van der Waals surface area contributed by atoms with Crippen LogP contribution in [-0.4, -0.2) is 22.9 Å². The maximum absolute atomic E-state index is 11.1. The van der Waals surface area contributed by atoms with Crippen molar-refractivity contribution < 1.29 is 14.6 Å². The second-order valence-corrected chi connectivity index (χ2v) is 5.40. The van der Waals surface area contributed by atoms with Crippen molar-refractivity contribution >= 4 is 12.0 Å². The van der Waals surface area contributed by atoms with Gasteiger partial charge in [0, 0.05) is 17.3 Å². The highest BCUT2D eigenvalue weighted by atomic mass is 16.5. The molecule has 0 saturated carbocycles. The van der Waals surface area contributed by atoms with Crippen LogP contribution in [0, 0.1) is 11.3 Å². The fourth-order valence-corrected chi connectivity index (χ4v) is 2.47. The van der Waals surface area contributed by atoms with Gasteiger partial charge in [-0.15, -0.1) is 0 Å². The zero-order valence-corrected chi connectivity index (χ0v) is 13.9. The summed E-state index contributed by atoms with van der Waals surface area (Å²) in [6.45, 7) is 0. The molecular formula is C20H14N3O3-. The van der Waals surface area contributed by atoms with Gasteiger partial charge in [0.25, 0.3) is 0 Å². The number of hydrogen-bond acceptors (Lipinski definition) is 5. The van der Waals surface area contributed by atoms with Crippen molar-refractivity contribution in [2.45, 2.75) is 0 Å². The fraction of sp³-hybridized carbons (Fsp3) is 0.0500. The van der Waals surface area contributed by atoms with Crippen LogP contribution in [0.4, 0.5) is 0 Å². The number of nitriles is 1. The number of hydrogen-bond donors (Lipinski definition) is 0. The second kappa shape index (κ2) is 7.36. The molecule has 0 fully saturated rings. The van der Waals surface area contributed by atoms with Crippen LogP contribution < -0.4 is 9.84 Å². The zero-order chi connectivity index (χ0) is 18.5. The Hall–Kier alpha value is -3.85. The quantitative estimate of drug-likeness (QED) is 0.523. The predicted molar refractivity (Wildman–Crippen MR) is 94.1 cm³/mol. The molecule has 1 aromatic heterocycles. The van der Waals surface area contributed by atoms with E-state index in [0.717, 1.165) is 11.3 Å². The monoisotopic (exact) mass is 344 g/mol. The van der Waals surface area contributed by atoms with Crippen LogP contribution in [0.25, 0.3) is 23.0 Å². The Kier molecular flexibility index (Phi) is 4.81. The molecule has 3 aromatic rings. The van der Waals surface area contributed by atoms with E-state index in [2.05, 4.69) is 5.10 Å². The number of carboxylic acid groups (broad SMARTS) is 1. The molecule has 6 heteroatoms. The molecule has 0 radical (unpaired) electrons. The molecule has 0 saturated heterocycles. The van der Waals surface area contributed by atoms with Crippen molar-refractivity contribution in [1.82, 2.24) is 9.78 Å². The van der Waals surface area contributed by atoms with Crippen LogP contribution in [-0.2, 0) is 4.79 Å². The SMILES string of the molecule is COc1ccc(-c2nn(-c3ccccc3)cc2/C=C(/C#N)C(=O)[O-])cc1. The van der Waals surface area contributed by atoms with Crippen molar-refractivity contribution in [1.29, 1.82) is 5.26 Å². The number of ether oxygens (including phenoxy) is 1. The summed E-state index contributed by atoms with van der Waals surface area (Å²) in [4.78, 5) is 11.1. The van der Waals surface area contributed by atoms with Gasteiger partial charge in [0.2, 0.25) is 0 Å². The van der Waals surface area contributed by atoms with Gasteiger partial charge in [-0.1, -0.05) is 18.2 Å². The first kappa shape index (κ1) is 17.0. The second-order valence-electron chi connectivity index (χ2n) is 5.40. The minimum Gasteiger partial charge on any atom is -0.544 e. The summed E-state index contributed by atoms with van der Waals surface area (Å²) in [5, 5.41) is 24.7. The van der Waals surface area contributed by atoms with E-state index >= 15 is 0 Å². The largest absolute Gasteiger partial charge is 0.544 e. The van der Waals surface area contributed by atoms with E-state index in [9.17, 15) is 9.90 Å². The zero-order valence-electron chi connectivity index (χ0n) is 13.9. The van der Waals surface area contributed by atoms with Crippen molar-refractivity contribution in [2.75, 3.05) is 7.11 Å². The van der Waals surface area contributed by atoms with Crippen LogP contribution >= 0.6 is 0 Å². The van der Waals surface area contributed by atoms with E-state index in [1.807, 2.05) is 42.5 Å². The lowest BCUT2D eigenvalue weighted by Crippen LogP contribution is -2.23. The minimum atomic E-state index is -1.53. The van der Waals surface area contributed by atoms with Gasteiger partial charge in [-0.3, -0.25) is 0 Å². The van der Waals surface area contributed by atoms with Gasteiger partial charge in [0.15, 0.2) is 0 Å². The number of carbonyl (C=O) groups excluding carboxylic acids is 1. The Morgan fingerprint density at radius 2 is 1.88 bits per heavy atom. The Morgan fingerprint density at radius 1 is 1.19 bits per heavy atom. The van der Waals surface area contributed by atoms with Gasteiger partial charge in [0.05, 0.1) is 30.0 Å². The third-order valence-corrected chi connectivity index (χ3v) is 3.77. The highest BCUT2D eigenvalue weighted by Gasteiger charge is 2.12. The maximum atomic E-state index is 11.1. The van der Waals surface area contributed by atoms with Crippen molar-refractivity contribution in [2.24, 2.45) is 0 Å². The number of nitrogens with zero attached hydrogens (tertiary/aromatic N) is 3. The van der Waals surface area contributed by atoms with E-state index in [-0.39, 0.29) is 0 Å². The third kappa shape index (κ3) is 3.47. The molecule has 2 aromatic carbocycles. The molecule has 0 amide bonds. The lowest BCUT2D eigenvalue weighted by molar-refractivity contribution is -0.298. The van der Waals surface area contributed by atoms with Gasteiger partial charge < -0.3 is 14.6 Å². The summed E-state index contributed by atoms with van der Waals surface area (Å²) in [6.07, 6.45) is 2.94. The molecular weight excluding hydrogens is 330 g/mol. The van der Waals surface area contributed by atoms with Crippen LogP contribution in [0.3, 0.4) is 0 Å². The molecule has 0 atom stereocenters. The average Bonchev–Trinajstić information content (AvgIpc) is 3.10. The predicted octanol–water partition coefficient (Wildman–Crippen LogP) is 2.20. The molecule has 0 aliphatic carbocycles. The highest BCUT2D eigenvalue weighted by Crippen LogP contribution is 2.27. The van der Waals surface area contributed by atoms with Crippen molar-refractivity contribution in [3.8, 4) is 28.8 Å². The molecule has 0 bridgehead atoms. The van der Waals surface area contributed by atoms with E-state index < -0.39 is 11.5 Å². The summed E-state index contributed by atoms with van der Waals surface area (Å²) in [5.41, 5.74) is 2.16. The number of carbonyl (C=O) groups is 1. The first-order valence-electron chi connectivity index (χ1n) is 7.75. The van der Waals surface area contributed by atoms with Crippen LogP contribution in [0.15, 0.2) is 66.4 Å². The van der Waals surface area contributed by atoms with E-state index in [4.69, 9.17) is 10.00 Å². The lowest BCUT2D eigenvalue weighted by Gasteiger charge is -2.03. The molecule has 0 aliphatic heterocycles. The number of carboxylic acids is 1. The number of aliphatic carboxylic acids is 1. The molecule has 128 valence electrons. The Morgan fingerprint density at radius 3 is 2.46 bits per heavy atom. The minimum absolute atomic E-state index is 0.465. The van der Waals surface area contributed by atoms with Gasteiger partial charge >= 0.3 is 0 Å². The Bertz CT molecular complexity index is 997. The molecule has 0 aliphatic rings. The van der Waals surface area contributed by atoms with Gasteiger partial charge in [-0.25, -0.2) is 4.68 Å². The molecule has 26 heavy (non-hydrogen) atoms. The van der Waals surface area contributed by atoms with Gasteiger partial charge in [-0.05, 0) is 42.5 Å². The average molecular weight is 344 g/mol. The standard InChI is InChI=1S/C20H15N3O3/c1-26-18-9-7-14(8-10-18)19-16(11-15(12-21)20(24)25)13-23(22-19)17-5-3-2-4-6-17/h2-11,13H,1H3,(H,24,25)/p-1/b15-11-. The van der Waals surface area contributed by atoms with Crippen LogP contribution in [0.1, 0.15) is 5.56 Å². The topological polar surface area (TPSA) is 91.0 Å². The normalized spacial score (nSPS) is 11.0. The summed E-state index contributed by atoms with van der Waals surface area (Å²) in [7, 11) is 1.58. The summed E-state index contributed by atoms with van der Waals surface area (Å²) in [5.74, 6) is -0.832. The van der Waals surface area contributed by atoms with Crippen molar-refractivity contribution in [3.05, 3.63) is 71.9 Å². The number of aromatic nitrogens is 2. The van der Waals surface area contributed by atoms with Crippen molar-refractivity contribution in [3.63, 3.8) is 0 Å². The smallest absolute Gasteiger partial charge is 0.118 e. The summed E-state index contributed by atoms with van der Waals surface area (Å²) < 4.78 is 6.79. The molecule has 0 unspecified atom stereocenters. The summed E-state index contributed by atoms with van der Waals surface area (Å²) in [6, 6.07) is 18.2. The lowest BCUT2D eigenvalue weighted by atomic mass is 10.1. The number of benzene rings is 2. The molecule has 3 rings (SSSR count). The van der Waals surface area contributed by atoms with E-state index in [1.54, 1.807) is 36.2 Å². The van der Waals surface area contributed by atoms with E-state index in [1.165, 1.54) is 6.08 Å². The maximum Gasteiger partial charge on any atom is 0.118 e. The number of rotatable bonds is 5. The number of para-hydroxylation sites is 1. The Labute approximate surface area is 150 Å². The van der Waals surface area contributed by atoms with Crippen LogP contribution in [0.2, 0.25) is 0 Å². The molecule has 0 spiro atoms. The third-order valence-electron chi connectivity index (χ3n) is 3.77. The molecule has 6 nitrogen and oxygen atoms in total. The van der Waals surface area contributed by atoms with E-state index in [0.29, 0.717) is 17.0 Å². The highest BCUT2D eigenvalue weighted by molar-refractivity contribution is 5.96. The number of methoxy groups -OCH3 is 1. The van der Waals surface area contributed by atoms with Gasteiger partial charge in [-0.2, -0.15) is 10.4 Å². The first-order valence-corrected chi connectivity index (χ1v) is 7.75. The summed E-state index contributed by atoms with van der Waals surface area (Å²) >= 11 is 0.